The molecular weight excluding hydrogens is 640 g/mol. The minimum absolute atomic E-state index is 0.00210. The predicted octanol–water partition coefficient (Wildman–Crippen LogP) is 7.21. The minimum atomic E-state index is -4.60. The zero-order valence-electron chi connectivity index (χ0n) is 27.8. The van der Waals surface area contributed by atoms with Gasteiger partial charge in [-0.25, -0.2) is 9.37 Å². The molecule has 12 heteroatoms. The molecule has 1 N–H and O–H groups in total. The van der Waals surface area contributed by atoms with Gasteiger partial charge in [-0.05, 0) is 72.1 Å². The SMILES string of the molecule is CCOc1cc(-c2ccc(CC(=O)Nc3ccc(CN4CCN(CC)CC4)c(C(F)(F)F)c3)c(F)c2)cnc1OCc1ccc(OC)cc1. The molecule has 4 aromatic rings. The molecule has 0 bridgehead atoms. The van der Waals surface area contributed by atoms with Crippen LogP contribution in [-0.4, -0.2) is 67.1 Å². The summed E-state index contributed by atoms with van der Waals surface area (Å²) in [6.07, 6.45) is -3.42. The molecule has 260 valence electrons. The molecule has 1 fully saturated rings. The average molecular weight is 681 g/mol. The first kappa shape index (κ1) is 35.6. The number of likely N-dealkylation sites (N-methyl/N-ethyl adjacent to an activating group) is 1. The van der Waals surface area contributed by atoms with Gasteiger partial charge in [0.2, 0.25) is 5.91 Å². The fourth-order valence-electron chi connectivity index (χ4n) is 5.64. The number of hydrogen-bond donors (Lipinski definition) is 1. The van der Waals surface area contributed by atoms with E-state index in [4.69, 9.17) is 14.2 Å². The molecule has 1 aliphatic rings. The van der Waals surface area contributed by atoms with Gasteiger partial charge in [-0.1, -0.05) is 37.3 Å². The number of anilines is 1. The summed E-state index contributed by atoms with van der Waals surface area (Å²) in [5.41, 5.74) is 1.42. The van der Waals surface area contributed by atoms with Crippen LogP contribution in [0.4, 0.5) is 23.2 Å². The number of nitrogens with zero attached hydrogens (tertiary/aromatic N) is 3. The number of amides is 1. The molecule has 0 atom stereocenters. The van der Waals surface area contributed by atoms with Gasteiger partial charge in [0.15, 0.2) is 5.75 Å². The van der Waals surface area contributed by atoms with Gasteiger partial charge >= 0.3 is 6.18 Å². The number of methoxy groups -OCH3 is 1. The molecule has 0 unspecified atom stereocenters. The number of carbonyl (C=O) groups is 1. The average Bonchev–Trinajstić information content (AvgIpc) is 3.09. The lowest BCUT2D eigenvalue weighted by Gasteiger charge is -2.34. The van der Waals surface area contributed by atoms with E-state index >= 15 is 4.39 Å². The molecule has 1 saturated heterocycles. The summed E-state index contributed by atoms with van der Waals surface area (Å²) in [6.45, 7) is 8.56. The molecule has 0 saturated carbocycles. The van der Waals surface area contributed by atoms with Gasteiger partial charge in [-0.15, -0.1) is 0 Å². The van der Waals surface area contributed by atoms with Crippen LogP contribution in [0.15, 0.2) is 72.9 Å². The highest BCUT2D eigenvalue weighted by atomic mass is 19.4. The van der Waals surface area contributed by atoms with Crippen LogP contribution >= 0.6 is 0 Å². The van der Waals surface area contributed by atoms with Crippen molar-refractivity contribution in [2.75, 3.05) is 51.8 Å². The summed E-state index contributed by atoms with van der Waals surface area (Å²) in [6, 6.07) is 17.3. The fourth-order valence-corrected chi connectivity index (χ4v) is 5.64. The molecule has 5 rings (SSSR count). The van der Waals surface area contributed by atoms with Gasteiger partial charge in [-0.2, -0.15) is 13.2 Å². The van der Waals surface area contributed by atoms with Crippen LogP contribution in [0.2, 0.25) is 0 Å². The Labute approximate surface area is 283 Å². The molecule has 1 aromatic heterocycles. The second-order valence-corrected chi connectivity index (χ2v) is 11.7. The van der Waals surface area contributed by atoms with Crippen LogP contribution < -0.4 is 19.5 Å². The minimum Gasteiger partial charge on any atom is -0.497 e. The van der Waals surface area contributed by atoms with Gasteiger partial charge in [0.05, 0.1) is 25.7 Å². The van der Waals surface area contributed by atoms with Gasteiger partial charge < -0.3 is 24.4 Å². The summed E-state index contributed by atoms with van der Waals surface area (Å²) in [5.74, 6) is 0.131. The first-order valence-electron chi connectivity index (χ1n) is 16.2. The zero-order chi connectivity index (χ0) is 35.0. The highest BCUT2D eigenvalue weighted by Crippen LogP contribution is 2.35. The Bertz CT molecular complexity index is 1720. The molecule has 2 heterocycles. The van der Waals surface area contributed by atoms with Gasteiger partial charge in [0.1, 0.15) is 18.2 Å². The molecular formula is C37H40F4N4O4. The van der Waals surface area contributed by atoms with E-state index in [1.54, 1.807) is 25.4 Å². The number of hydrogen-bond acceptors (Lipinski definition) is 7. The molecule has 0 spiro atoms. The Hall–Kier alpha value is -4.68. The second-order valence-electron chi connectivity index (χ2n) is 11.7. The van der Waals surface area contributed by atoms with E-state index in [0.29, 0.717) is 36.6 Å². The van der Waals surface area contributed by atoms with Crippen molar-refractivity contribution in [2.24, 2.45) is 0 Å². The molecule has 3 aromatic carbocycles. The first-order chi connectivity index (χ1) is 23.6. The van der Waals surface area contributed by atoms with Crippen molar-refractivity contribution in [1.29, 1.82) is 0 Å². The number of ether oxygens (including phenoxy) is 3. The standard InChI is InChI=1S/C37H40F4N4O4/c1-4-44-14-16-45(17-15-44)23-28-10-11-30(21-32(28)37(39,40)41)43-35(46)20-27-9-8-26(18-33(27)38)29-19-34(48-5-2)36(42-22-29)49-24-25-6-12-31(47-3)13-7-25/h6-13,18-19,21-22H,4-5,14-17,20,23-24H2,1-3H3,(H,43,46). The van der Waals surface area contributed by atoms with Gasteiger partial charge in [0, 0.05) is 50.2 Å². The van der Waals surface area contributed by atoms with Crippen LogP contribution in [0.3, 0.4) is 0 Å². The van der Waals surface area contributed by atoms with E-state index < -0.39 is 23.5 Å². The van der Waals surface area contributed by atoms with Crippen molar-refractivity contribution in [3.05, 3.63) is 101 Å². The predicted molar refractivity (Wildman–Crippen MR) is 179 cm³/mol. The number of rotatable bonds is 13. The monoisotopic (exact) mass is 680 g/mol. The largest absolute Gasteiger partial charge is 0.497 e. The molecule has 8 nitrogen and oxygen atoms in total. The van der Waals surface area contributed by atoms with Crippen LogP contribution in [0.1, 0.15) is 36.1 Å². The summed E-state index contributed by atoms with van der Waals surface area (Å²) in [4.78, 5) is 21.5. The number of carbonyl (C=O) groups excluding carboxylic acids is 1. The van der Waals surface area contributed by atoms with E-state index in [0.717, 1.165) is 37.0 Å². The third-order valence-electron chi connectivity index (χ3n) is 8.40. The maximum absolute atomic E-state index is 15.2. The van der Waals surface area contributed by atoms with E-state index in [9.17, 15) is 18.0 Å². The topological polar surface area (TPSA) is 76.2 Å². The fraction of sp³-hybridized carbons (Fsp3) is 0.351. The second kappa shape index (κ2) is 16.1. The molecule has 49 heavy (non-hydrogen) atoms. The lowest BCUT2D eigenvalue weighted by molar-refractivity contribution is -0.138. The number of alkyl halides is 3. The van der Waals surface area contributed by atoms with Crippen LogP contribution in [0, 0.1) is 5.82 Å². The van der Waals surface area contributed by atoms with E-state index in [-0.39, 0.29) is 42.3 Å². The first-order valence-corrected chi connectivity index (χ1v) is 16.2. The summed E-state index contributed by atoms with van der Waals surface area (Å²) in [5, 5.41) is 2.51. The lowest BCUT2D eigenvalue weighted by Crippen LogP contribution is -2.45. The van der Waals surface area contributed by atoms with Crippen LogP contribution in [-0.2, 0) is 30.5 Å². The maximum atomic E-state index is 15.2. The van der Waals surface area contributed by atoms with Crippen molar-refractivity contribution in [2.45, 2.75) is 39.6 Å². The summed E-state index contributed by atoms with van der Waals surface area (Å²) in [7, 11) is 1.59. The summed E-state index contributed by atoms with van der Waals surface area (Å²) >= 11 is 0. The Morgan fingerprint density at radius 1 is 0.878 bits per heavy atom. The number of pyridine rings is 1. The Kier molecular flexibility index (Phi) is 11.7. The third kappa shape index (κ3) is 9.48. The number of halogens is 4. The van der Waals surface area contributed by atoms with Crippen LogP contribution in [0.25, 0.3) is 11.1 Å². The number of nitrogens with one attached hydrogen (secondary N) is 1. The smallest absolute Gasteiger partial charge is 0.416 e. The number of aromatic nitrogens is 1. The van der Waals surface area contributed by atoms with Gasteiger partial charge in [-0.3, -0.25) is 9.69 Å². The lowest BCUT2D eigenvalue weighted by atomic mass is 10.0. The van der Waals surface area contributed by atoms with Crippen molar-refractivity contribution in [1.82, 2.24) is 14.8 Å². The highest BCUT2D eigenvalue weighted by Gasteiger charge is 2.34. The highest BCUT2D eigenvalue weighted by molar-refractivity contribution is 5.92. The third-order valence-corrected chi connectivity index (χ3v) is 8.40. The zero-order valence-corrected chi connectivity index (χ0v) is 27.8. The maximum Gasteiger partial charge on any atom is 0.416 e. The van der Waals surface area contributed by atoms with Crippen molar-refractivity contribution >= 4 is 11.6 Å². The van der Waals surface area contributed by atoms with Crippen molar-refractivity contribution in [3.8, 4) is 28.5 Å². The quantitative estimate of drug-likeness (QED) is 0.150. The molecule has 1 aliphatic heterocycles. The number of piperazine rings is 1. The van der Waals surface area contributed by atoms with Gasteiger partial charge in [0.25, 0.3) is 5.88 Å². The van der Waals surface area contributed by atoms with E-state index in [2.05, 4.69) is 22.1 Å². The Morgan fingerprint density at radius 2 is 1.59 bits per heavy atom. The normalized spacial score (nSPS) is 14.0. The molecule has 0 radical (unpaired) electrons. The van der Waals surface area contributed by atoms with E-state index in [1.165, 1.54) is 24.3 Å². The van der Waals surface area contributed by atoms with Crippen molar-refractivity contribution in [3.63, 3.8) is 0 Å². The van der Waals surface area contributed by atoms with Crippen LogP contribution in [0.5, 0.6) is 17.4 Å². The molecule has 0 aliphatic carbocycles. The Morgan fingerprint density at radius 3 is 2.24 bits per heavy atom. The van der Waals surface area contributed by atoms with E-state index in [1.807, 2.05) is 36.1 Å². The Balaban J connectivity index is 1.23. The molecule has 1 amide bonds. The summed E-state index contributed by atoms with van der Waals surface area (Å²) < 4.78 is 74.1. The number of benzene rings is 3. The van der Waals surface area contributed by atoms with Crippen molar-refractivity contribution < 1.29 is 36.6 Å².